The van der Waals surface area contributed by atoms with Gasteiger partial charge in [-0.25, -0.2) is 0 Å². The highest BCUT2D eigenvalue weighted by atomic mass is 127. The zero-order valence-electron chi connectivity index (χ0n) is 16.5. The molecule has 0 spiro atoms. The van der Waals surface area contributed by atoms with Gasteiger partial charge in [0.05, 0.1) is 13.0 Å². The quantitative estimate of drug-likeness (QED) is 0.298. The highest BCUT2D eigenvalue weighted by molar-refractivity contribution is 14.0. The third-order valence-electron chi connectivity index (χ3n) is 5.31. The number of guanidine groups is 1. The number of nitrogens with zero attached hydrogens (tertiary/aromatic N) is 3. The molecule has 2 aliphatic rings. The topological polar surface area (TPSA) is 74.2 Å². The Morgan fingerprint density at radius 1 is 1.21 bits per heavy atom. The van der Waals surface area contributed by atoms with Gasteiger partial charge in [0.15, 0.2) is 5.96 Å². The van der Waals surface area contributed by atoms with Crippen LogP contribution in [0, 0.1) is 5.92 Å². The first kappa shape index (κ1) is 22.4. The number of hydrogen-bond acceptors (Lipinski definition) is 4. The molecule has 0 atom stereocenters. The van der Waals surface area contributed by atoms with Crippen LogP contribution in [0.5, 0.6) is 0 Å². The molecule has 2 saturated heterocycles. The number of hydrogen-bond donors (Lipinski definition) is 1. The number of aliphatic imine (C=N–C) groups is 1. The van der Waals surface area contributed by atoms with Crippen LogP contribution < -0.4 is 10.2 Å². The van der Waals surface area contributed by atoms with E-state index in [1.54, 1.807) is 7.05 Å². The number of amides is 1. The van der Waals surface area contributed by atoms with Crippen molar-refractivity contribution in [2.45, 2.75) is 32.2 Å². The molecule has 0 aliphatic carbocycles. The molecule has 0 radical (unpaired) electrons. The van der Waals surface area contributed by atoms with Crippen molar-refractivity contribution in [1.29, 1.82) is 0 Å². The Morgan fingerprint density at radius 3 is 2.43 bits per heavy atom. The molecule has 2 heterocycles. The minimum absolute atomic E-state index is 0. The van der Waals surface area contributed by atoms with Crippen LogP contribution in [0.2, 0.25) is 0 Å². The van der Waals surface area contributed by atoms with E-state index in [9.17, 15) is 9.59 Å². The second-order valence-corrected chi connectivity index (χ2v) is 7.00. The number of anilines is 1. The van der Waals surface area contributed by atoms with E-state index in [2.05, 4.69) is 15.2 Å². The Bertz CT molecular complexity index is 700. The number of methoxy groups -OCH3 is 1. The maximum absolute atomic E-state index is 11.8. The van der Waals surface area contributed by atoms with Crippen molar-refractivity contribution in [3.8, 4) is 0 Å². The molecule has 1 aromatic rings. The molecule has 1 N–H and O–H groups in total. The van der Waals surface area contributed by atoms with E-state index in [4.69, 9.17) is 4.74 Å². The van der Waals surface area contributed by atoms with E-state index in [1.807, 2.05) is 29.2 Å². The Hall–Kier alpha value is -1.84. The number of halogens is 1. The van der Waals surface area contributed by atoms with Crippen molar-refractivity contribution in [2.75, 3.05) is 38.7 Å². The minimum Gasteiger partial charge on any atom is -0.469 e. The predicted molar refractivity (Wildman–Crippen MR) is 120 cm³/mol. The normalized spacial score (nSPS) is 18.1. The SMILES string of the molecule is CN=C(NCc1ccc(N2CCCC2=O)cc1)N1CCC(C(=O)OC)CC1.I. The lowest BCUT2D eigenvalue weighted by Crippen LogP contribution is -2.46. The van der Waals surface area contributed by atoms with E-state index in [0.717, 1.165) is 56.1 Å². The summed E-state index contributed by atoms with van der Waals surface area (Å²) < 4.78 is 4.84. The van der Waals surface area contributed by atoms with Crippen LogP contribution in [0.25, 0.3) is 0 Å². The van der Waals surface area contributed by atoms with Crippen LogP contribution in [0.3, 0.4) is 0 Å². The van der Waals surface area contributed by atoms with Crippen molar-refractivity contribution in [1.82, 2.24) is 10.2 Å². The van der Waals surface area contributed by atoms with Gasteiger partial charge < -0.3 is 19.9 Å². The molecule has 28 heavy (non-hydrogen) atoms. The fourth-order valence-electron chi connectivity index (χ4n) is 3.72. The van der Waals surface area contributed by atoms with Crippen LogP contribution >= 0.6 is 24.0 Å². The number of nitrogens with one attached hydrogen (secondary N) is 1. The Labute approximate surface area is 183 Å². The summed E-state index contributed by atoms with van der Waals surface area (Å²) in [5.41, 5.74) is 2.10. The molecular formula is C20H29IN4O3. The molecule has 8 heteroatoms. The summed E-state index contributed by atoms with van der Waals surface area (Å²) in [6.45, 7) is 3.05. The van der Waals surface area contributed by atoms with E-state index < -0.39 is 0 Å². The number of benzene rings is 1. The summed E-state index contributed by atoms with van der Waals surface area (Å²) in [6, 6.07) is 8.10. The standard InChI is InChI=1S/C20H28N4O3.HI/c1-21-20(23-12-9-16(10-13-23)19(26)27-2)22-14-15-5-7-17(8-6-15)24-11-3-4-18(24)25;/h5-8,16H,3-4,9-14H2,1-2H3,(H,21,22);1H. The Balaban J connectivity index is 0.00000280. The number of likely N-dealkylation sites (tertiary alicyclic amines) is 1. The molecule has 0 unspecified atom stereocenters. The van der Waals surface area contributed by atoms with Gasteiger partial charge in [0, 0.05) is 45.3 Å². The van der Waals surface area contributed by atoms with Crippen molar-refractivity contribution in [3.63, 3.8) is 0 Å². The molecule has 0 saturated carbocycles. The van der Waals surface area contributed by atoms with Gasteiger partial charge in [-0.2, -0.15) is 0 Å². The number of esters is 1. The van der Waals surface area contributed by atoms with Crippen LogP contribution in [-0.2, 0) is 20.9 Å². The first-order valence-corrected chi connectivity index (χ1v) is 9.55. The molecule has 1 aromatic carbocycles. The van der Waals surface area contributed by atoms with Gasteiger partial charge in [-0.05, 0) is 37.0 Å². The van der Waals surface area contributed by atoms with Gasteiger partial charge in [0.25, 0.3) is 0 Å². The summed E-state index contributed by atoms with van der Waals surface area (Å²) in [6.07, 6.45) is 3.15. The summed E-state index contributed by atoms with van der Waals surface area (Å²) >= 11 is 0. The molecular weight excluding hydrogens is 471 g/mol. The Kier molecular flexibility index (Phi) is 8.53. The number of carbonyl (C=O) groups excluding carboxylic acids is 2. The third kappa shape index (κ3) is 5.36. The lowest BCUT2D eigenvalue weighted by Gasteiger charge is -2.33. The first-order valence-electron chi connectivity index (χ1n) is 9.55. The predicted octanol–water partition coefficient (Wildman–Crippen LogP) is 2.39. The number of ether oxygens (including phenoxy) is 1. The summed E-state index contributed by atoms with van der Waals surface area (Å²) in [4.78, 5) is 31.9. The fraction of sp³-hybridized carbons (Fsp3) is 0.550. The Morgan fingerprint density at radius 2 is 1.89 bits per heavy atom. The monoisotopic (exact) mass is 500 g/mol. The number of piperidine rings is 1. The van der Waals surface area contributed by atoms with E-state index in [-0.39, 0.29) is 41.8 Å². The second kappa shape index (κ2) is 10.6. The molecule has 154 valence electrons. The van der Waals surface area contributed by atoms with Gasteiger partial charge >= 0.3 is 5.97 Å². The van der Waals surface area contributed by atoms with Gasteiger partial charge in [-0.1, -0.05) is 12.1 Å². The van der Waals surface area contributed by atoms with Gasteiger partial charge in [-0.15, -0.1) is 24.0 Å². The van der Waals surface area contributed by atoms with Crippen LogP contribution in [0.4, 0.5) is 5.69 Å². The average molecular weight is 500 g/mol. The largest absolute Gasteiger partial charge is 0.469 e. The second-order valence-electron chi connectivity index (χ2n) is 7.00. The molecule has 0 aromatic heterocycles. The van der Waals surface area contributed by atoms with Crippen LogP contribution in [0.1, 0.15) is 31.2 Å². The first-order chi connectivity index (χ1) is 13.1. The third-order valence-corrected chi connectivity index (χ3v) is 5.31. The van der Waals surface area contributed by atoms with E-state index in [1.165, 1.54) is 7.11 Å². The van der Waals surface area contributed by atoms with Crippen molar-refractivity contribution in [3.05, 3.63) is 29.8 Å². The van der Waals surface area contributed by atoms with Gasteiger partial charge in [0.1, 0.15) is 0 Å². The molecule has 3 rings (SSSR count). The summed E-state index contributed by atoms with van der Waals surface area (Å²) in [7, 11) is 3.22. The lowest BCUT2D eigenvalue weighted by molar-refractivity contribution is -0.146. The summed E-state index contributed by atoms with van der Waals surface area (Å²) in [5.74, 6) is 0.924. The minimum atomic E-state index is -0.117. The average Bonchev–Trinajstić information content (AvgIpc) is 3.14. The summed E-state index contributed by atoms with van der Waals surface area (Å²) in [5, 5.41) is 3.39. The molecule has 0 bridgehead atoms. The maximum Gasteiger partial charge on any atom is 0.308 e. The highest BCUT2D eigenvalue weighted by Gasteiger charge is 2.27. The number of rotatable bonds is 4. The zero-order valence-corrected chi connectivity index (χ0v) is 18.8. The van der Waals surface area contributed by atoms with Gasteiger partial charge in [-0.3, -0.25) is 14.6 Å². The smallest absolute Gasteiger partial charge is 0.308 e. The van der Waals surface area contributed by atoms with Crippen molar-refractivity contribution < 1.29 is 14.3 Å². The van der Waals surface area contributed by atoms with E-state index in [0.29, 0.717) is 13.0 Å². The fourth-order valence-corrected chi connectivity index (χ4v) is 3.72. The zero-order chi connectivity index (χ0) is 19.2. The molecule has 7 nitrogen and oxygen atoms in total. The maximum atomic E-state index is 11.8. The molecule has 2 aliphatic heterocycles. The van der Waals surface area contributed by atoms with Crippen LogP contribution in [-0.4, -0.2) is 56.5 Å². The van der Waals surface area contributed by atoms with Gasteiger partial charge in [0.2, 0.25) is 5.91 Å². The van der Waals surface area contributed by atoms with Crippen LogP contribution in [0.15, 0.2) is 29.3 Å². The highest BCUT2D eigenvalue weighted by Crippen LogP contribution is 2.22. The number of carbonyl (C=O) groups is 2. The molecule has 1 amide bonds. The lowest BCUT2D eigenvalue weighted by atomic mass is 9.97. The van der Waals surface area contributed by atoms with Crippen molar-refractivity contribution in [2.24, 2.45) is 10.9 Å². The van der Waals surface area contributed by atoms with E-state index >= 15 is 0 Å². The molecule has 2 fully saturated rings. The van der Waals surface area contributed by atoms with Crippen molar-refractivity contribution >= 4 is 47.5 Å².